The van der Waals surface area contributed by atoms with Gasteiger partial charge in [0.05, 0.1) is 16.5 Å². The Labute approximate surface area is 167 Å². The van der Waals surface area contributed by atoms with Gasteiger partial charge in [-0.05, 0) is 30.5 Å². The monoisotopic (exact) mass is 410 g/mol. The van der Waals surface area contributed by atoms with Crippen LogP contribution in [0.4, 0.5) is 0 Å². The van der Waals surface area contributed by atoms with E-state index in [1.807, 2.05) is 0 Å². The van der Waals surface area contributed by atoms with E-state index in [1.165, 1.54) is 6.08 Å². The highest BCUT2D eigenvalue weighted by Gasteiger charge is 2.23. The molecular weight excluding hydrogens is 391 g/mol. The molecule has 0 atom stereocenters. The van der Waals surface area contributed by atoms with Crippen molar-refractivity contribution in [3.8, 4) is 0 Å². The fraction of sp³-hybridized carbons (Fsp3) is 0.316. The number of carboxylic acid groups (broad SMARTS) is 1. The first kappa shape index (κ1) is 21.0. The normalized spacial score (nSPS) is 15.0. The van der Waals surface area contributed by atoms with E-state index in [4.69, 9.17) is 28.3 Å². The van der Waals surface area contributed by atoms with E-state index >= 15 is 0 Å². The number of halogens is 2. The van der Waals surface area contributed by atoms with Crippen LogP contribution in [0, 0.1) is 0 Å². The van der Waals surface area contributed by atoms with Crippen LogP contribution in [-0.2, 0) is 14.4 Å². The molecule has 1 fully saturated rings. The summed E-state index contributed by atoms with van der Waals surface area (Å²) in [5, 5.41) is 12.4. The Morgan fingerprint density at radius 1 is 1.26 bits per heavy atom. The molecule has 2 N–H and O–H groups in total. The smallest absolute Gasteiger partial charge is 0.331 e. The second kappa shape index (κ2) is 9.58. The summed E-state index contributed by atoms with van der Waals surface area (Å²) in [5.41, 5.74) is 0.517. The Morgan fingerprint density at radius 2 is 1.93 bits per heavy atom. The van der Waals surface area contributed by atoms with Crippen LogP contribution < -0.4 is 5.32 Å². The van der Waals surface area contributed by atoms with Crippen LogP contribution in [0.25, 0.3) is 6.08 Å². The van der Waals surface area contributed by atoms with Crippen molar-refractivity contribution in [1.29, 1.82) is 0 Å². The molecule has 1 aromatic carbocycles. The van der Waals surface area contributed by atoms with Crippen molar-refractivity contribution in [2.75, 3.05) is 13.1 Å². The van der Waals surface area contributed by atoms with Crippen LogP contribution in [0.15, 0.2) is 36.4 Å². The van der Waals surface area contributed by atoms with Gasteiger partial charge in [-0.1, -0.05) is 41.9 Å². The zero-order valence-corrected chi connectivity index (χ0v) is 16.1. The maximum atomic E-state index is 12.3. The van der Waals surface area contributed by atoms with E-state index in [1.54, 1.807) is 29.2 Å². The van der Waals surface area contributed by atoms with Crippen molar-refractivity contribution in [3.63, 3.8) is 0 Å². The molecule has 0 unspecified atom stereocenters. The summed E-state index contributed by atoms with van der Waals surface area (Å²) >= 11 is 12.0. The summed E-state index contributed by atoms with van der Waals surface area (Å²) in [7, 11) is 0. The average Bonchev–Trinajstić information content (AvgIpc) is 2.63. The van der Waals surface area contributed by atoms with Crippen molar-refractivity contribution in [1.82, 2.24) is 10.2 Å². The molecule has 0 saturated carbocycles. The van der Waals surface area contributed by atoms with Crippen molar-refractivity contribution < 1.29 is 19.5 Å². The maximum absolute atomic E-state index is 12.3. The number of nitrogens with zero attached hydrogens (tertiary/aromatic N) is 1. The summed E-state index contributed by atoms with van der Waals surface area (Å²) in [5.74, 6) is -1.70. The molecule has 0 spiro atoms. The van der Waals surface area contributed by atoms with E-state index < -0.39 is 5.97 Å². The quantitative estimate of drug-likeness (QED) is 0.705. The second-order valence-electron chi connectivity index (χ2n) is 6.23. The highest BCUT2D eigenvalue weighted by atomic mass is 35.5. The largest absolute Gasteiger partial charge is 0.478 e. The summed E-state index contributed by atoms with van der Waals surface area (Å²) in [4.78, 5) is 36.5. The number of likely N-dealkylation sites (tertiary alicyclic amines) is 1. The number of rotatable bonds is 6. The lowest BCUT2D eigenvalue weighted by molar-refractivity contribution is -0.134. The Hall–Kier alpha value is -2.31. The third kappa shape index (κ3) is 6.12. The van der Waals surface area contributed by atoms with Crippen LogP contribution in [-0.4, -0.2) is 46.9 Å². The van der Waals surface area contributed by atoms with Crippen LogP contribution in [0.3, 0.4) is 0 Å². The zero-order valence-electron chi connectivity index (χ0n) is 14.6. The number of hydrogen-bond donors (Lipinski definition) is 2. The Bertz CT molecular complexity index is 784. The number of benzene rings is 1. The first-order chi connectivity index (χ1) is 12.8. The number of carbonyl (C=O) groups is 3. The predicted molar refractivity (Wildman–Crippen MR) is 105 cm³/mol. The van der Waals surface area contributed by atoms with E-state index in [9.17, 15) is 14.4 Å². The van der Waals surface area contributed by atoms with Gasteiger partial charge in [0.15, 0.2) is 0 Å². The van der Waals surface area contributed by atoms with Gasteiger partial charge in [-0.25, -0.2) is 4.79 Å². The molecule has 1 heterocycles. The summed E-state index contributed by atoms with van der Waals surface area (Å²) in [6, 6.07) is 5.11. The number of carboxylic acids is 1. The van der Waals surface area contributed by atoms with Gasteiger partial charge >= 0.3 is 5.97 Å². The van der Waals surface area contributed by atoms with Crippen LogP contribution in [0.1, 0.15) is 24.8 Å². The molecule has 0 aliphatic carbocycles. The lowest BCUT2D eigenvalue weighted by atomic mass is 10.0. The minimum atomic E-state index is -1.18. The lowest BCUT2D eigenvalue weighted by Crippen LogP contribution is -2.46. The van der Waals surface area contributed by atoms with Gasteiger partial charge in [0, 0.05) is 30.8 Å². The van der Waals surface area contributed by atoms with Gasteiger partial charge in [-0.15, -0.1) is 0 Å². The number of piperidine rings is 1. The third-order valence-corrected chi connectivity index (χ3v) is 5.07. The topological polar surface area (TPSA) is 86.7 Å². The molecule has 2 amide bonds. The molecule has 144 valence electrons. The summed E-state index contributed by atoms with van der Waals surface area (Å²) in [6.45, 7) is 4.34. The number of amides is 2. The van der Waals surface area contributed by atoms with E-state index in [0.29, 0.717) is 41.5 Å². The Morgan fingerprint density at radius 3 is 2.56 bits per heavy atom. The number of hydrogen-bond acceptors (Lipinski definition) is 3. The molecule has 27 heavy (non-hydrogen) atoms. The lowest BCUT2D eigenvalue weighted by Gasteiger charge is -2.31. The molecule has 0 radical (unpaired) electrons. The van der Waals surface area contributed by atoms with Gasteiger partial charge in [-0.2, -0.15) is 0 Å². The molecule has 8 heteroatoms. The van der Waals surface area contributed by atoms with Gasteiger partial charge < -0.3 is 15.3 Å². The standard InChI is InChI=1S/C19H20Cl2N2O4/c1-12(19(26)27)11-16(24)22-14-7-9-23(10-8-14)17(25)6-5-13-3-2-4-15(20)18(13)21/h2-6,14H,1,7-11H2,(H,22,24)(H,26,27)/b6-5+. The molecule has 1 saturated heterocycles. The van der Waals surface area contributed by atoms with Crippen molar-refractivity contribution in [3.05, 3.63) is 52.0 Å². The minimum Gasteiger partial charge on any atom is -0.478 e. The molecule has 6 nitrogen and oxygen atoms in total. The molecule has 1 aliphatic rings. The van der Waals surface area contributed by atoms with Crippen molar-refractivity contribution in [2.45, 2.75) is 25.3 Å². The molecule has 1 aromatic rings. The van der Waals surface area contributed by atoms with Gasteiger partial charge in [0.25, 0.3) is 0 Å². The highest BCUT2D eigenvalue weighted by Crippen LogP contribution is 2.26. The van der Waals surface area contributed by atoms with Crippen molar-refractivity contribution in [2.24, 2.45) is 0 Å². The Balaban J connectivity index is 1.82. The molecular formula is C19H20Cl2N2O4. The van der Waals surface area contributed by atoms with Crippen LogP contribution >= 0.6 is 23.2 Å². The van der Waals surface area contributed by atoms with Crippen LogP contribution in [0.5, 0.6) is 0 Å². The number of aliphatic carboxylic acids is 1. The summed E-state index contributed by atoms with van der Waals surface area (Å²) < 4.78 is 0. The predicted octanol–water partition coefficient (Wildman–Crippen LogP) is 3.14. The van der Waals surface area contributed by atoms with Gasteiger partial charge in [-0.3, -0.25) is 9.59 Å². The number of carbonyl (C=O) groups excluding carboxylic acids is 2. The van der Waals surface area contributed by atoms with Crippen molar-refractivity contribution >= 4 is 47.1 Å². The first-order valence-corrected chi connectivity index (χ1v) is 9.15. The highest BCUT2D eigenvalue weighted by molar-refractivity contribution is 6.42. The van der Waals surface area contributed by atoms with E-state index in [-0.39, 0.29) is 29.9 Å². The van der Waals surface area contributed by atoms with E-state index in [0.717, 1.165) is 0 Å². The minimum absolute atomic E-state index is 0.0884. The second-order valence-corrected chi connectivity index (χ2v) is 7.01. The number of nitrogens with one attached hydrogen (secondary N) is 1. The van der Waals surface area contributed by atoms with E-state index in [2.05, 4.69) is 11.9 Å². The first-order valence-electron chi connectivity index (χ1n) is 8.39. The SMILES string of the molecule is C=C(CC(=O)NC1CCN(C(=O)/C=C/c2cccc(Cl)c2Cl)CC1)C(=O)O. The third-order valence-electron chi connectivity index (χ3n) is 4.24. The maximum Gasteiger partial charge on any atom is 0.331 e. The zero-order chi connectivity index (χ0) is 20.0. The molecule has 0 aromatic heterocycles. The molecule has 0 bridgehead atoms. The Kier molecular flexibility index (Phi) is 7.45. The molecule has 1 aliphatic heterocycles. The van der Waals surface area contributed by atoms with Gasteiger partial charge in [0.2, 0.25) is 11.8 Å². The summed E-state index contributed by atoms with van der Waals surface area (Å²) in [6.07, 6.45) is 4.04. The fourth-order valence-electron chi connectivity index (χ4n) is 2.71. The van der Waals surface area contributed by atoms with Gasteiger partial charge in [0.1, 0.15) is 0 Å². The molecule has 2 rings (SSSR count). The van der Waals surface area contributed by atoms with Crippen LogP contribution in [0.2, 0.25) is 10.0 Å². The average molecular weight is 411 g/mol. The fourth-order valence-corrected chi connectivity index (χ4v) is 3.08.